The van der Waals surface area contributed by atoms with Crippen LogP contribution in [0, 0.1) is 31.6 Å². The zero-order valence-electron chi connectivity index (χ0n) is 14.9. The lowest BCUT2D eigenvalue weighted by Gasteiger charge is -2.15. The molecule has 1 amide bonds. The minimum atomic E-state index is -0.808. The van der Waals surface area contributed by atoms with Crippen molar-refractivity contribution in [3.8, 4) is 5.69 Å². The van der Waals surface area contributed by atoms with E-state index in [-0.39, 0.29) is 18.4 Å². The van der Waals surface area contributed by atoms with Crippen LogP contribution in [0.25, 0.3) is 5.69 Å². The Bertz CT molecular complexity index is 854. The van der Waals surface area contributed by atoms with E-state index in [1.165, 1.54) is 0 Å². The molecule has 0 unspecified atom stereocenters. The van der Waals surface area contributed by atoms with Crippen molar-refractivity contribution in [2.45, 2.75) is 26.7 Å². The van der Waals surface area contributed by atoms with Crippen LogP contribution < -0.4 is 0 Å². The summed E-state index contributed by atoms with van der Waals surface area (Å²) in [4.78, 5) is 26.1. The molecule has 1 aliphatic heterocycles. The van der Waals surface area contributed by atoms with Crippen LogP contribution in [0.1, 0.15) is 34.6 Å². The Labute approximate surface area is 151 Å². The fraction of sp³-hybridized carbons (Fsp3) is 0.474. The van der Waals surface area contributed by atoms with Crippen LogP contribution in [0.15, 0.2) is 24.3 Å². The van der Waals surface area contributed by atoms with Crippen LogP contribution in [-0.2, 0) is 4.79 Å². The maximum atomic E-state index is 12.9. The second-order valence-electron chi connectivity index (χ2n) is 7.43. The number of nitrogens with zero attached hydrogens (tertiary/aromatic N) is 4. The lowest BCUT2D eigenvalue weighted by molar-refractivity contribution is -0.142. The Hall–Kier alpha value is -2.70. The molecule has 1 aromatic heterocycles. The smallest absolute Gasteiger partial charge is 0.308 e. The van der Waals surface area contributed by atoms with Crippen molar-refractivity contribution in [2.75, 3.05) is 13.1 Å². The number of carboxylic acids is 1. The summed E-state index contributed by atoms with van der Waals surface area (Å²) in [6.45, 7) is 4.58. The molecule has 26 heavy (non-hydrogen) atoms. The molecule has 7 nitrogen and oxygen atoms in total. The Kier molecular flexibility index (Phi) is 4.01. The number of aromatic nitrogens is 3. The molecule has 2 aliphatic rings. The Morgan fingerprint density at radius 2 is 1.81 bits per heavy atom. The molecule has 2 heterocycles. The number of aliphatic carboxylic acids is 1. The van der Waals surface area contributed by atoms with Crippen LogP contribution in [-0.4, -0.2) is 50.0 Å². The highest BCUT2D eigenvalue weighted by atomic mass is 16.4. The summed E-state index contributed by atoms with van der Waals surface area (Å²) in [5.74, 6) is -1.01. The van der Waals surface area contributed by atoms with Crippen LogP contribution in [0.5, 0.6) is 0 Å². The second-order valence-corrected chi connectivity index (χ2v) is 7.43. The normalized spacial score (nSPS) is 22.6. The third kappa shape index (κ3) is 2.87. The first kappa shape index (κ1) is 16.8. The number of hydrogen-bond donors (Lipinski definition) is 1. The van der Waals surface area contributed by atoms with Crippen molar-refractivity contribution in [3.05, 3.63) is 41.2 Å². The van der Waals surface area contributed by atoms with Gasteiger partial charge in [0, 0.05) is 13.1 Å². The van der Waals surface area contributed by atoms with Crippen molar-refractivity contribution < 1.29 is 14.7 Å². The first-order valence-corrected chi connectivity index (χ1v) is 8.97. The number of carboxylic acid groups (broad SMARTS) is 1. The molecule has 1 aromatic carbocycles. The Balaban J connectivity index is 1.57. The van der Waals surface area contributed by atoms with Gasteiger partial charge in [0.2, 0.25) is 0 Å². The molecule has 2 aromatic rings. The fourth-order valence-corrected chi connectivity index (χ4v) is 3.87. The van der Waals surface area contributed by atoms with Crippen LogP contribution >= 0.6 is 0 Å². The zero-order chi connectivity index (χ0) is 18.4. The van der Waals surface area contributed by atoms with E-state index in [0.29, 0.717) is 23.9 Å². The average Bonchev–Trinajstić information content (AvgIpc) is 3.24. The summed E-state index contributed by atoms with van der Waals surface area (Å²) in [7, 11) is 0. The topological polar surface area (TPSA) is 88.3 Å². The Morgan fingerprint density at radius 1 is 1.12 bits per heavy atom. The third-order valence-electron chi connectivity index (χ3n) is 5.57. The van der Waals surface area contributed by atoms with Gasteiger partial charge >= 0.3 is 5.97 Å². The van der Waals surface area contributed by atoms with Gasteiger partial charge in [-0.1, -0.05) is 22.9 Å². The summed E-state index contributed by atoms with van der Waals surface area (Å²) in [6.07, 6.45) is 2.14. The molecular formula is C19H22N4O3. The van der Waals surface area contributed by atoms with Gasteiger partial charge < -0.3 is 10.0 Å². The predicted octanol–water partition coefficient (Wildman–Crippen LogP) is 2.07. The number of rotatable bonds is 4. The molecule has 1 saturated carbocycles. The van der Waals surface area contributed by atoms with Gasteiger partial charge in [0.25, 0.3) is 5.91 Å². The van der Waals surface area contributed by atoms with Gasteiger partial charge in [0.15, 0.2) is 5.69 Å². The maximum absolute atomic E-state index is 12.9. The first-order chi connectivity index (χ1) is 12.5. The van der Waals surface area contributed by atoms with E-state index < -0.39 is 11.9 Å². The molecule has 0 bridgehead atoms. The number of likely N-dealkylation sites (tertiary alicyclic amines) is 1. The van der Waals surface area contributed by atoms with E-state index in [1.54, 1.807) is 9.58 Å². The SMILES string of the molecule is Cc1ccc(-n2nnc(C(=O)N3C[C@H](C(=O)O)[C@@H](C4CC4)C3)c2C)cc1. The molecule has 136 valence electrons. The predicted molar refractivity (Wildman–Crippen MR) is 94.1 cm³/mol. The van der Waals surface area contributed by atoms with Gasteiger partial charge in [-0.25, -0.2) is 4.68 Å². The van der Waals surface area contributed by atoms with Crippen LogP contribution in [0.4, 0.5) is 0 Å². The number of aryl methyl sites for hydroxylation is 1. The quantitative estimate of drug-likeness (QED) is 0.908. The highest BCUT2D eigenvalue weighted by molar-refractivity contribution is 5.94. The lowest BCUT2D eigenvalue weighted by atomic mass is 9.92. The molecule has 1 aliphatic carbocycles. The summed E-state index contributed by atoms with van der Waals surface area (Å²) >= 11 is 0. The van der Waals surface area contributed by atoms with Gasteiger partial charge in [0.05, 0.1) is 17.3 Å². The van der Waals surface area contributed by atoms with Crippen molar-refractivity contribution >= 4 is 11.9 Å². The van der Waals surface area contributed by atoms with E-state index in [2.05, 4.69) is 10.3 Å². The molecule has 0 spiro atoms. The lowest BCUT2D eigenvalue weighted by Crippen LogP contribution is -2.30. The standard InChI is InChI=1S/C19H22N4O3/c1-11-3-7-14(8-4-11)23-12(2)17(20-21-23)18(24)22-9-15(13-5-6-13)16(10-22)19(25)26/h3-4,7-8,13,15-16H,5-6,9-10H2,1-2H3,(H,25,26)/t15-,16+/m1/s1. The largest absolute Gasteiger partial charge is 0.481 e. The Morgan fingerprint density at radius 3 is 2.42 bits per heavy atom. The van der Waals surface area contributed by atoms with Crippen molar-refractivity contribution in [1.82, 2.24) is 19.9 Å². The molecule has 2 atom stereocenters. The minimum Gasteiger partial charge on any atom is -0.481 e. The van der Waals surface area contributed by atoms with Gasteiger partial charge in [0.1, 0.15) is 0 Å². The summed E-state index contributed by atoms with van der Waals surface area (Å²) in [5.41, 5.74) is 2.96. The highest BCUT2D eigenvalue weighted by Gasteiger charge is 2.47. The van der Waals surface area contributed by atoms with Gasteiger partial charge in [-0.15, -0.1) is 5.10 Å². The van der Waals surface area contributed by atoms with E-state index in [1.807, 2.05) is 38.1 Å². The van der Waals surface area contributed by atoms with Crippen LogP contribution in [0.3, 0.4) is 0 Å². The average molecular weight is 354 g/mol. The monoisotopic (exact) mass is 354 g/mol. The summed E-state index contributed by atoms with van der Waals surface area (Å²) < 4.78 is 1.65. The van der Waals surface area contributed by atoms with Crippen molar-refractivity contribution in [1.29, 1.82) is 0 Å². The van der Waals surface area contributed by atoms with E-state index in [0.717, 1.165) is 24.1 Å². The second kappa shape index (κ2) is 6.23. The van der Waals surface area contributed by atoms with Crippen molar-refractivity contribution in [3.63, 3.8) is 0 Å². The third-order valence-corrected chi connectivity index (χ3v) is 5.57. The highest BCUT2D eigenvalue weighted by Crippen LogP contribution is 2.44. The molecule has 1 saturated heterocycles. The number of benzene rings is 1. The molecule has 0 radical (unpaired) electrons. The van der Waals surface area contributed by atoms with Gasteiger partial charge in [-0.3, -0.25) is 9.59 Å². The van der Waals surface area contributed by atoms with E-state index in [4.69, 9.17) is 0 Å². The molecular weight excluding hydrogens is 332 g/mol. The van der Waals surface area contributed by atoms with E-state index >= 15 is 0 Å². The van der Waals surface area contributed by atoms with Crippen molar-refractivity contribution in [2.24, 2.45) is 17.8 Å². The molecule has 2 fully saturated rings. The van der Waals surface area contributed by atoms with Gasteiger partial charge in [-0.05, 0) is 50.7 Å². The first-order valence-electron chi connectivity index (χ1n) is 8.97. The fourth-order valence-electron chi connectivity index (χ4n) is 3.87. The summed E-state index contributed by atoms with van der Waals surface area (Å²) in [5, 5.41) is 17.7. The van der Waals surface area contributed by atoms with Gasteiger partial charge in [-0.2, -0.15) is 0 Å². The maximum Gasteiger partial charge on any atom is 0.308 e. The number of amides is 1. The number of hydrogen-bond acceptors (Lipinski definition) is 4. The molecule has 1 N–H and O–H groups in total. The van der Waals surface area contributed by atoms with Crippen LogP contribution in [0.2, 0.25) is 0 Å². The molecule has 4 rings (SSSR count). The minimum absolute atomic E-state index is 0.0592. The zero-order valence-corrected chi connectivity index (χ0v) is 14.9. The van der Waals surface area contributed by atoms with E-state index in [9.17, 15) is 14.7 Å². The number of carbonyl (C=O) groups is 2. The summed E-state index contributed by atoms with van der Waals surface area (Å²) in [6, 6.07) is 7.83. The number of carbonyl (C=O) groups excluding carboxylic acids is 1. The molecule has 7 heteroatoms.